The molecule has 5 rings (SSSR count). The van der Waals surface area contributed by atoms with Crippen LogP contribution in [0.5, 0.6) is 5.75 Å². The van der Waals surface area contributed by atoms with Gasteiger partial charge in [0.25, 0.3) is 5.91 Å². The molecule has 0 fully saturated rings. The van der Waals surface area contributed by atoms with Crippen molar-refractivity contribution in [1.82, 2.24) is 9.88 Å². The first-order valence-electron chi connectivity index (χ1n) is 10.5. The second kappa shape index (κ2) is 6.69. The minimum atomic E-state index is -2.63. The van der Waals surface area contributed by atoms with Gasteiger partial charge in [-0.25, -0.2) is 0 Å². The maximum Gasteiger partial charge on any atom is 0.255 e. The van der Waals surface area contributed by atoms with E-state index in [4.69, 9.17) is 5.73 Å². The maximum absolute atomic E-state index is 13.5. The number of phenolic OH excluding ortho intramolecular Hbond substituents is 1. The summed E-state index contributed by atoms with van der Waals surface area (Å²) in [6, 6.07) is 2.37. The number of nitrogens with zero attached hydrogens (tertiary/aromatic N) is 1. The summed E-state index contributed by atoms with van der Waals surface area (Å²) < 4.78 is 0. The molecule has 10 nitrogen and oxygen atoms in total. The number of carbonyl (C=O) groups excluding carboxylic acids is 3. The lowest BCUT2D eigenvalue weighted by Gasteiger charge is -2.50. The van der Waals surface area contributed by atoms with E-state index in [1.165, 1.54) is 4.90 Å². The van der Waals surface area contributed by atoms with Crippen LogP contribution in [0.3, 0.4) is 0 Å². The first-order chi connectivity index (χ1) is 15.5. The molecule has 0 spiro atoms. The number of nitrogens with two attached hydrogens (primary N) is 1. The van der Waals surface area contributed by atoms with Crippen LogP contribution in [-0.4, -0.2) is 73.5 Å². The molecular weight excluding hydrogens is 430 g/mol. The Bertz CT molecular complexity index is 1340. The Kier molecular flexibility index (Phi) is 4.30. The number of H-pyrrole nitrogens is 1. The molecule has 3 aliphatic carbocycles. The molecule has 7 N–H and O–H groups in total. The number of allylic oxidation sites excluding steroid dienone is 1. The van der Waals surface area contributed by atoms with Crippen molar-refractivity contribution in [2.24, 2.45) is 17.6 Å². The molecule has 0 saturated carbocycles. The van der Waals surface area contributed by atoms with E-state index in [-0.39, 0.29) is 29.7 Å². The number of ketones is 2. The van der Waals surface area contributed by atoms with Gasteiger partial charge in [0.1, 0.15) is 22.8 Å². The molecule has 3 aliphatic rings. The summed E-state index contributed by atoms with van der Waals surface area (Å²) in [5.74, 6) is -6.51. The first kappa shape index (κ1) is 21.2. The van der Waals surface area contributed by atoms with Crippen LogP contribution in [0.1, 0.15) is 22.3 Å². The molecule has 1 aromatic carbocycles. The zero-order chi connectivity index (χ0) is 24.0. The molecular formula is C23H23N3O7. The molecule has 1 heterocycles. The van der Waals surface area contributed by atoms with Crippen molar-refractivity contribution < 1.29 is 34.8 Å². The second-order valence-corrected chi connectivity index (χ2v) is 9.16. The van der Waals surface area contributed by atoms with E-state index < -0.39 is 58.0 Å². The number of hydrogen-bond acceptors (Lipinski definition) is 8. The van der Waals surface area contributed by atoms with Gasteiger partial charge in [-0.3, -0.25) is 19.3 Å². The zero-order valence-electron chi connectivity index (χ0n) is 17.9. The van der Waals surface area contributed by atoms with Gasteiger partial charge >= 0.3 is 0 Å². The topological polar surface area (TPSA) is 177 Å². The average molecular weight is 453 g/mol. The van der Waals surface area contributed by atoms with E-state index in [0.29, 0.717) is 16.5 Å². The Hall–Kier alpha value is -3.63. The Morgan fingerprint density at radius 1 is 1.24 bits per heavy atom. The number of nitrogens with one attached hydrogen (secondary N) is 1. The number of hydrogen-bond donors (Lipinski definition) is 6. The molecule has 4 atom stereocenters. The van der Waals surface area contributed by atoms with Gasteiger partial charge in [-0.15, -0.1) is 0 Å². The predicted molar refractivity (Wildman–Crippen MR) is 116 cm³/mol. The van der Waals surface area contributed by atoms with Gasteiger partial charge in [0.05, 0.1) is 11.6 Å². The third-order valence-corrected chi connectivity index (χ3v) is 7.24. The monoisotopic (exact) mass is 453 g/mol. The molecule has 0 bridgehead atoms. The van der Waals surface area contributed by atoms with Gasteiger partial charge in [-0.05, 0) is 50.6 Å². The fourth-order valence-electron chi connectivity index (χ4n) is 5.82. The van der Waals surface area contributed by atoms with Crippen LogP contribution >= 0.6 is 0 Å². The normalized spacial score (nSPS) is 29.4. The van der Waals surface area contributed by atoms with Crippen molar-refractivity contribution in [3.63, 3.8) is 0 Å². The number of carbonyl (C=O) groups is 3. The van der Waals surface area contributed by atoms with Crippen molar-refractivity contribution in [1.29, 1.82) is 0 Å². The number of rotatable bonds is 2. The zero-order valence-corrected chi connectivity index (χ0v) is 17.9. The van der Waals surface area contributed by atoms with Gasteiger partial charge in [0.2, 0.25) is 5.78 Å². The molecule has 0 saturated heterocycles. The minimum absolute atomic E-state index is 0.00267. The summed E-state index contributed by atoms with van der Waals surface area (Å²) >= 11 is 0. The number of fused-ring (bicyclic) bond motifs is 4. The number of aromatic amines is 1. The molecule has 2 unspecified atom stereocenters. The highest BCUT2D eigenvalue weighted by Crippen LogP contribution is 2.52. The summed E-state index contributed by atoms with van der Waals surface area (Å²) in [5.41, 5.74) is 2.92. The van der Waals surface area contributed by atoms with Crippen LogP contribution < -0.4 is 5.73 Å². The molecule has 0 radical (unpaired) electrons. The molecule has 2 aromatic rings. The van der Waals surface area contributed by atoms with E-state index in [2.05, 4.69) is 4.98 Å². The van der Waals surface area contributed by atoms with E-state index in [9.17, 15) is 34.8 Å². The molecule has 1 aromatic heterocycles. The molecule has 172 valence electrons. The van der Waals surface area contributed by atoms with Gasteiger partial charge < -0.3 is 31.1 Å². The lowest BCUT2D eigenvalue weighted by Crippen LogP contribution is -2.63. The van der Waals surface area contributed by atoms with Crippen LogP contribution in [0.2, 0.25) is 0 Å². The fraction of sp³-hybridized carbons (Fsp3) is 0.348. The van der Waals surface area contributed by atoms with E-state index in [0.717, 1.165) is 0 Å². The Morgan fingerprint density at radius 3 is 2.58 bits per heavy atom. The third-order valence-electron chi connectivity index (χ3n) is 7.24. The summed E-state index contributed by atoms with van der Waals surface area (Å²) in [4.78, 5) is 43.2. The lowest BCUT2D eigenvalue weighted by atomic mass is 9.58. The summed E-state index contributed by atoms with van der Waals surface area (Å²) in [6.45, 7) is 0. The van der Waals surface area contributed by atoms with Crippen molar-refractivity contribution in [3.8, 4) is 5.75 Å². The number of benzene rings is 1. The summed E-state index contributed by atoms with van der Waals surface area (Å²) in [5, 5.41) is 44.7. The van der Waals surface area contributed by atoms with E-state index in [1.807, 2.05) is 0 Å². The number of primary amides is 1. The maximum atomic E-state index is 13.5. The highest BCUT2D eigenvalue weighted by atomic mass is 16.3. The lowest BCUT2D eigenvalue weighted by molar-refractivity contribution is -0.148. The Labute approximate surface area is 187 Å². The van der Waals surface area contributed by atoms with Gasteiger partial charge in [0, 0.05) is 28.6 Å². The SMILES string of the molecule is CN(C)[C@@H]1C(O)=C(C(N)=O)C(=O)[C@@]2(O)C(O)=C3C(=O)c4c(cc5[nH]ccc5c4O)CC3CC12. The minimum Gasteiger partial charge on any atom is -0.510 e. The highest BCUT2D eigenvalue weighted by Gasteiger charge is 2.63. The number of Topliss-reactive ketones (excluding diaryl/α,β-unsaturated/α-hetero) is 2. The van der Waals surface area contributed by atoms with Crippen LogP contribution in [0, 0.1) is 11.8 Å². The Balaban J connectivity index is 1.75. The van der Waals surface area contributed by atoms with Crippen LogP contribution in [-0.2, 0) is 16.0 Å². The first-order valence-corrected chi connectivity index (χ1v) is 10.5. The van der Waals surface area contributed by atoms with Crippen molar-refractivity contribution in [2.75, 3.05) is 14.1 Å². The number of aliphatic hydroxyl groups excluding tert-OH is 2. The van der Waals surface area contributed by atoms with Crippen molar-refractivity contribution >= 4 is 28.4 Å². The number of aromatic nitrogens is 1. The van der Waals surface area contributed by atoms with E-state index >= 15 is 0 Å². The number of aromatic hydroxyl groups is 1. The van der Waals surface area contributed by atoms with Crippen LogP contribution in [0.4, 0.5) is 0 Å². The molecule has 10 heteroatoms. The summed E-state index contributed by atoms with van der Waals surface area (Å²) in [6.07, 6.45) is 1.95. The largest absolute Gasteiger partial charge is 0.510 e. The van der Waals surface area contributed by atoms with Gasteiger partial charge in [-0.1, -0.05) is 0 Å². The van der Waals surface area contributed by atoms with Gasteiger partial charge in [0.15, 0.2) is 11.4 Å². The van der Waals surface area contributed by atoms with E-state index in [1.54, 1.807) is 32.4 Å². The fourth-order valence-corrected chi connectivity index (χ4v) is 5.82. The highest BCUT2D eigenvalue weighted by molar-refractivity contribution is 6.25. The van der Waals surface area contributed by atoms with Crippen molar-refractivity contribution in [3.05, 3.63) is 52.1 Å². The van der Waals surface area contributed by atoms with Crippen molar-refractivity contribution in [2.45, 2.75) is 24.5 Å². The number of likely N-dealkylation sites (N-methyl/N-ethyl adjacent to an activating group) is 1. The van der Waals surface area contributed by atoms with Crippen LogP contribution in [0.15, 0.2) is 41.0 Å². The smallest absolute Gasteiger partial charge is 0.255 e. The molecule has 0 aliphatic heterocycles. The van der Waals surface area contributed by atoms with Gasteiger partial charge in [-0.2, -0.15) is 0 Å². The number of phenols is 1. The molecule has 33 heavy (non-hydrogen) atoms. The molecule has 1 amide bonds. The second-order valence-electron chi connectivity index (χ2n) is 9.16. The summed E-state index contributed by atoms with van der Waals surface area (Å²) in [7, 11) is 3.18. The number of aliphatic hydroxyl groups is 3. The average Bonchev–Trinajstić information content (AvgIpc) is 3.19. The number of amides is 1. The standard InChI is InChI=1S/C23H23N3O7/c1-26(2)16-11-6-8-5-9-7-12-10(3-4-25-12)17(27)13(9)18(28)14(8)20(30)23(11,33)21(31)15(19(16)29)22(24)32/h3-4,7-8,11,16,25,27,29-30,33H,5-6H2,1-2H3,(H2,24,32)/t8?,11?,16-,23-/m0/s1. The Morgan fingerprint density at radius 2 is 1.94 bits per heavy atom. The quantitative estimate of drug-likeness (QED) is 0.358. The third kappa shape index (κ3) is 2.53. The van der Waals surface area contributed by atoms with Crippen LogP contribution in [0.25, 0.3) is 10.9 Å². The predicted octanol–water partition coefficient (Wildman–Crippen LogP) is 0.602.